The predicted molar refractivity (Wildman–Crippen MR) is 130 cm³/mol. The van der Waals surface area contributed by atoms with E-state index in [1.165, 1.54) is 11.1 Å². The predicted octanol–water partition coefficient (Wildman–Crippen LogP) is 6.32. The Kier molecular flexibility index (Phi) is 6.12. The van der Waals surface area contributed by atoms with Crippen LogP contribution in [-0.2, 0) is 14.4 Å². The van der Waals surface area contributed by atoms with Gasteiger partial charge >= 0.3 is 5.97 Å². The standard InChI is InChI=1S/C29H40O4/c1-16(18(3)27(32)33)7-8-17(2)21-11-12-23-20-9-10-22-19(4)24(30)13-14-28(22,5)26(20)25(31)15-29(21,23)6/h12,17-19,21-22H,1,7-11,13-15H2,2-6H3,(H,32,33). The van der Waals surface area contributed by atoms with Crippen LogP contribution >= 0.6 is 0 Å². The van der Waals surface area contributed by atoms with Crippen molar-refractivity contribution in [2.45, 2.75) is 86.0 Å². The van der Waals surface area contributed by atoms with Gasteiger partial charge in [-0.2, -0.15) is 0 Å². The minimum atomic E-state index is -0.815. The van der Waals surface area contributed by atoms with Crippen LogP contribution in [0.15, 0.2) is 34.9 Å². The highest BCUT2D eigenvalue weighted by atomic mass is 16.4. The maximum Gasteiger partial charge on any atom is 0.310 e. The third kappa shape index (κ3) is 3.68. The summed E-state index contributed by atoms with van der Waals surface area (Å²) in [5, 5.41) is 9.27. The molecular formula is C29H40O4. The molecule has 0 bridgehead atoms. The molecule has 0 spiro atoms. The number of hydrogen-bond acceptors (Lipinski definition) is 3. The van der Waals surface area contributed by atoms with Gasteiger partial charge in [0.25, 0.3) is 0 Å². The Morgan fingerprint density at radius 1 is 1.21 bits per heavy atom. The molecule has 0 heterocycles. The molecule has 0 saturated heterocycles. The minimum absolute atomic E-state index is 0.0468. The molecule has 1 N–H and O–H groups in total. The summed E-state index contributed by atoms with van der Waals surface area (Å²) in [7, 11) is 0. The van der Waals surface area contributed by atoms with Crippen molar-refractivity contribution >= 4 is 17.5 Å². The van der Waals surface area contributed by atoms with E-state index in [-0.39, 0.29) is 22.7 Å². The summed E-state index contributed by atoms with van der Waals surface area (Å²) in [5.41, 5.74) is 4.22. The van der Waals surface area contributed by atoms with E-state index < -0.39 is 11.9 Å². The number of fused-ring (bicyclic) bond motifs is 4. The lowest BCUT2D eigenvalue weighted by Crippen LogP contribution is -2.49. The van der Waals surface area contributed by atoms with E-state index in [4.69, 9.17) is 0 Å². The van der Waals surface area contributed by atoms with Gasteiger partial charge in [0.1, 0.15) is 5.78 Å². The number of ketones is 2. The highest BCUT2D eigenvalue weighted by molar-refractivity contribution is 6.01. The maximum atomic E-state index is 13.8. The number of carboxylic acid groups (broad SMARTS) is 1. The summed E-state index contributed by atoms with van der Waals surface area (Å²) in [5.74, 6) is 0.435. The molecule has 180 valence electrons. The number of carbonyl (C=O) groups excluding carboxylic acids is 2. The third-order valence-corrected chi connectivity index (χ3v) is 10.1. The molecule has 4 heteroatoms. The first kappa shape index (κ1) is 24.2. The molecule has 7 unspecified atom stereocenters. The van der Waals surface area contributed by atoms with E-state index in [1.54, 1.807) is 6.92 Å². The number of allylic oxidation sites excluding steroid dienone is 4. The summed E-state index contributed by atoms with van der Waals surface area (Å²) < 4.78 is 0. The molecule has 4 aliphatic rings. The fourth-order valence-corrected chi connectivity index (χ4v) is 7.90. The monoisotopic (exact) mass is 452 g/mol. The van der Waals surface area contributed by atoms with Crippen molar-refractivity contribution in [1.82, 2.24) is 0 Å². The number of hydrogen-bond donors (Lipinski definition) is 1. The first-order valence-corrected chi connectivity index (χ1v) is 12.8. The second kappa shape index (κ2) is 8.36. The molecule has 4 nitrogen and oxygen atoms in total. The summed E-state index contributed by atoms with van der Waals surface area (Å²) in [6.07, 6.45) is 8.85. The molecule has 33 heavy (non-hydrogen) atoms. The molecule has 0 aromatic rings. The number of Topliss-reactive ketones (excluding diaryl/α,β-unsaturated/α-hetero) is 2. The SMILES string of the molecule is C=C(CCC(C)C1CC=C2C3=C(C(=O)CC21C)C1(C)CCC(=O)C(C)C1CC3)C(C)C(=O)O. The summed E-state index contributed by atoms with van der Waals surface area (Å²) >= 11 is 0. The molecular weight excluding hydrogens is 412 g/mol. The molecule has 0 amide bonds. The van der Waals surface area contributed by atoms with Crippen LogP contribution in [0.4, 0.5) is 0 Å². The molecule has 4 rings (SSSR count). The van der Waals surface area contributed by atoms with Crippen molar-refractivity contribution in [3.8, 4) is 0 Å². The van der Waals surface area contributed by atoms with E-state index in [2.05, 4.69) is 40.3 Å². The van der Waals surface area contributed by atoms with Crippen molar-refractivity contribution in [2.75, 3.05) is 0 Å². The van der Waals surface area contributed by atoms with Gasteiger partial charge in [0.05, 0.1) is 5.92 Å². The van der Waals surface area contributed by atoms with Gasteiger partial charge in [-0.1, -0.05) is 45.9 Å². The summed E-state index contributed by atoms with van der Waals surface area (Å²) in [4.78, 5) is 37.5. The van der Waals surface area contributed by atoms with E-state index in [0.29, 0.717) is 42.7 Å². The van der Waals surface area contributed by atoms with Gasteiger partial charge in [0, 0.05) is 35.2 Å². The van der Waals surface area contributed by atoms with Crippen LogP contribution in [0.3, 0.4) is 0 Å². The first-order valence-electron chi connectivity index (χ1n) is 12.8. The first-order chi connectivity index (χ1) is 15.4. The zero-order chi connectivity index (χ0) is 24.3. The Bertz CT molecular complexity index is 968. The van der Waals surface area contributed by atoms with Crippen molar-refractivity contribution < 1.29 is 19.5 Å². The quantitative estimate of drug-likeness (QED) is 0.479. The fourth-order valence-electron chi connectivity index (χ4n) is 7.90. The lowest BCUT2D eigenvalue weighted by atomic mass is 9.49. The van der Waals surface area contributed by atoms with Crippen LogP contribution in [0.5, 0.6) is 0 Å². The van der Waals surface area contributed by atoms with Crippen molar-refractivity contribution in [1.29, 1.82) is 0 Å². The highest BCUT2D eigenvalue weighted by Crippen LogP contribution is 2.63. The van der Waals surface area contributed by atoms with Gasteiger partial charge in [-0.25, -0.2) is 0 Å². The second-order valence-corrected chi connectivity index (χ2v) is 11.9. The molecule has 1 fully saturated rings. The van der Waals surface area contributed by atoms with Crippen LogP contribution < -0.4 is 0 Å². The maximum absolute atomic E-state index is 13.8. The largest absolute Gasteiger partial charge is 0.481 e. The lowest BCUT2D eigenvalue weighted by molar-refractivity contribution is -0.140. The van der Waals surface area contributed by atoms with Crippen LogP contribution in [0.2, 0.25) is 0 Å². The second-order valence-electron chi connectivity index (χ2n) is 11.9. The molecule has 0 aromatic heterocycles. The van der Waals surface area contributed by atoms with E-state index >= 15 is 0 Å². The van der Waals surface area contributed by atoms with Gasteiger partial charge in [-0.15, -0.1) is 0 Å². The van der Waals surface area contributed by atoms with Gasteiger partial charge in [0.2, 0.25) is 0 Å². The average molecular weight is 453 g/mol. The summed E-state index contributed by atoms with van der Waals surface area (Å²) in [6.45, 7) is 14.6. The van der Waals surface area contributed by atoms with Gasteiger partial charge in [-0.3, -0.25) is 14.4 Å². The Balaban J connectivity index is 1.58. The molecule has 0 aliphatic heterocycles. The number of rotatable bonds is 6. The number of aliphatic carboxylic acids is 1. The van der Waals surface area contributed by atoms with E-state index in [0.717, 1.165) is 43.3 Å². The molecule has 4 aliphatic carbocycles. The molecule has 7 atom stereocenters. The third-order valence-electron chi connectivity index (χ3n) is 10.1. The zero-order valence-electron chi connectivity index (χ0n) is 21.0. The van der Waals surface area contributed by atoms with Crippen LogP contribution in [0, 0.1) is 40.4 Å². The smallest absolute Gasteiger partial charge is 0.310 e. The van der Waals surface area contributed by atoms with Crippen molar-refractivity contribution in [3.05, 3.63) is 34.9 Å². The van der Waals surface area contributed by atoms with Gasteiger partial charge in [-0.05, 0) is 74.3 Å². The van der Waals surface area contributed by atoms with E-state index in [9.17, 15) is 19.5 Å². The molecule has 0 radical (unpaired) electrons. The average Bonchev–Trinajstić information content (AvgIpc) is 3.10. The topological polar surface area (TPSA) is 71.4 Å². The normalized spacial score (nSPS) is 37.6. The Morgan fingerprint density at radius 3 is 2.58 bits per heavy atom. The lowest BCUT2D eigenvalue weighted by Gasteiger charge is -2.53. The van der Waals surface area contributed by atoms with Gasteiger partial charge in [0.15, 0.2) is 5.78 Å². The molecule has 1 saturated carbocycles. The van der Waals surface area contributed by atoms with Crippen LogP contribution in [0.25, 0.3) is 0 Å². The Hall–Kier alpha value is -1.97. The van der Waals surface area contributed by atoms with Crippen LogP contribution in [0.1, 0.15) is 86.0 Å². The molecule has 0 aromatic carbocycles. The van der Waals surface area contributed by atoms with Gasteiger partial charge < -0.3 is 5.11 Å². The fraction of sp³-hybridized carbons (Fsp3) is 0.690. The van der Waals surface area contributed by atoms with Crippen LogP contribution in [-0.4, -0.2) is 22.6 Å². The Morgan fingerprint density at radius 2 is 1.91 bits per heavy atom. The van der Waals surface area contributed by atoms with Crippen molar-refractivity contribution in [2.24, 2.45) is 40.4 Å². The van der Waals surface area contributed by atoms with Crippen molar-refractivity contribution in [3.63, 3.8) is 0 Å². The number of carboxylic acids is 1. The zero-order valence-corrected chi connectivity index (χ0v) is 21.0. The summed E-state index contributed by atoms with van der Waals surface area (Å²) in [6, 6.07) is 0. The van der Waals surface area contributed by atoms with E-state index in [1.807, 2.05) is 0 Å². The minimum Gasteiger partial charge on any atom is -0.481 e. The Labute approximate surface area is 198 Å². The highest BCUT2D eigenvalue weighted by Gasteiger charge is 2.57. The number of carbonyl (C=O) groups is 3.